The number of rotatable bonds is 13. The first-order valence-electron chi connectivity index (χ1n) is 11.8. The van der Waals surface area contributed by atoms with Gasteiger partial charge in [-0.1, -0.05) is 31.2 Å². The lowest BCUT2D eigenvalue weighted by molar-refractivity contribution is -0.140. The van der Waals surface area contributed by atoms with E-state index in [1.54, 1.807) is 43.2 Å². The maximum absolute atomic E-state index is 13.3. The number of methoxy groups -OCH3 is 1. The smallest absolute Gasteiger partial charge is 0.242 e. The van der Waals surface area contributed by atoms with Gasteiger partial charge in [0.05, 0.1) is 19.1 Å². The zero-order valence-electron chi connectivity index (χ0n) is 21.3. The van der Waals surface area contributed by atoms with Gasteiger partial charge in [-0.15, -0.1) is 0 Å². The minimum absolute atomic E-state index is 0.111. The molecule has 0 aliphatic rings. The number of nitrogens with one attached hydrogen (secondary N) is 1. The minimum atomic E-state index is -3.55. The van der Waals surface area contributed by atoms with E-state index in [0.29, 0.717) is 30.9 Å². The van der Waals surface area contributed by atoms with Crippen molar-refractivity contribution in [1.29, 1.82) is 0 Å². The molecule has 1 atom stereocenters. The summed E-state index contributed by atoms with van der Waals surface area (Å²) in [5, 5.41) is 2.86. The van der Waals surface area contributed by atoms with Crippen LogP contribution in [0.15, 0.2) is 48.5 Å². The van der Waals surface area contributed by atoms with Gasteiger partial charge in [0.15, 0.2) is 0 Å². The average molecular weight is 504 g/mol. The summed E-state index contributed by atoms with van der Waals surface area (Å²) >= 11 is 0. The van der Waals surface area contributed by atoms with Gasteiger partial charge in [0.2, 0.25) is 21.8 Å². The zero-order chi connectivity index (χ0) is 26.0. The maximum atomic E-state index is 13.3. The summed E-state index contributed by atoms with van der Waals surface area (Å²) in [7, 11) is -2.00. The summed E-state index contributed by atoms with van der Waals surface area (Å²) in [5.74, 6) is 0.222. The first kappa shape index (κ1) is 28.2. The van der Waals surface area contributed by atoms with Crippen molar-refractivity contribution < 1.29 is 22.7 Å². The Balaban J connectivity index is 2.16. The van der Waals surface area contributed by atoms with Gasteiger partial charge in [-0.2, -0.15) is 0 Å². The number of carbonyl (C=O) groups is 2. The zero-order valence-corrected chi connectivity index (χ0v) is 22.1. The van der Waals surface area contributed by atoms with Crippen molar-refractivity contribution in [1.82, 2.24) is 10.2 Å². The summed E-state index contributed by atoms with van der Waals surface area (Å²) in [5.41, 5.74) is 2.51. The van der Waals surface area contributed by atoms with E-state index in [4.69, 9.17) is 4.74 Å². The number of nitrogens with zero attached hydrogens (tertiary/aromatic N) is 2. The predicted molar refractivity (Wildman–Crippen MR) is 139 cm³/mol. The first-order chi connectivity index (χ1) is 16.6. The summed E-state index contributed by atoms with van der Waals surface area (Å²) < 4.78 is 31.3. The molecule has 192 valence electrons. The maximum Gasteiger partial charge on any atom is 0.242 e. The monoisotopic (exact) mass is 503 g/mol. The molecule has 0 saturated heterocycles. The molecule has 0 bridgehead atoms. The number of sulfonamides is 1. The molecule has 2 aromatic rings. The number of ether oxygens (including phenoxy) is 1. The standard InChI is InChI=1S/C26H37N3O5S/c1-6-17-27-26(31)21(3)28(19-22-11-8-7-10-20(22)2)25(30)12-9-18-29(35(5,32)33)23-13-15-24(34-4)16-14-23/h7-8,10-11,13-16,21H,6,9,12,17-19H2,1-5H3,(H,27,31). The van der Waals surface area contributed by atoms with Gasteiger partial charge in [0, 0.05) is 26.1 Å². The van der Waals surface area contributed by atoms with Crippen molar-refractivity contribution in [3.05, 3.63) is 59.7 Å². The van der Waals surface area contributed by atoms with E-state index in [-0.39, 0.29) is 24.8 Å². The lowest BCUT2D eigenvalue weighted by Crippen LogP contribution is -2.48. The largest absolute Gasteiger partial charge is 0.497 e. The molecule has 2 rings (SSSR count). The predicted octanol–water partition coefficient (Wildman–Crippen LogP) is 3.49. The van der Waals surface area contributed by atoms with Crippen LogP contribution in [0, 0.1) is 6.92 Å². The molecule has 1 N–H and O–H groups in total. The Bertz CT molecular complexity index is 1090. The first-order valence-corrected chi connectivity index (χ1v) is 13.7. The molecular formula is C26H37N3O5S. The highest BCUT2D eigenvalue weighted by Gasteiger charge is 2.26. The van der Waals surface area contributed by atoms with Crippen LogP contribution in [0.5, 0.6) is 5.75 Å². The van der Waals surface area contributed by atoms with Crippen molar-refractivity contribution in [2.75, 3.05) is 30.8 Å². The van der Waals surface area contributed by atoms with Crippen LogP contribution >= 0.6 is 0 Å². The van der Waals surface area contributed by atoms with Crippen molar-refractivity contribution in [3.63, 3.8) is 0 Å². The van der Waals surface area contributed by atoms with E-state index in [2.05, 4.69) is 5.32 Å². The highest BCUT2D eigenvalue weighted by Crippen LogP contribution is 2.22. The molecule has 0 radical (unpaired) electrons. The Morgan fingerprint density at radius 3 is 2.31 bits per heavy atom. The average Bonchev–Trinajstić information content (AvgIpc) is 2.83. The highest BCUT2D eigenvalue weighted by molar-refractivity contribution is 7.92. The number of hydrogen-bond donors (Lipinski definition) is 1. The van der Waals surface area contributed by atoms with Gasteiger partial charge in [-0.3, -0.25) is 13.9 Å². The Morgan fingerprint density at radius 1 is 1.09 bits per heavy atom. The van der Waals surface area contributed by atoms with Crippen LogP contribution < -0.4 is 14.4 Å². The van der Waals surface area contributed by atoms with Gasteiger partial charge in [-0.05, 0) is 62.1 Å². The molecule has 2 amide bonds. The molecule has 8 nitrogen and oxygen atoms in total. The number of benzene rings is 2. The number of amides is 2. The van der Waals surface area contributed by atoms with E-state index < -0.39 is 16.1 Å². The van der Waals surface area contributed by atoms with Gasteiger partial charge >= 0.3 is 0 Å². The summed E-state index contributed by atoms with van der Waals surface area (Å²) in [6.07, 6.45) is 2.37. The minimum Gasteiger partial charge on any atom is -0.497 e. The normalized spacial score (nSPS) is 12.0. The number of hydrogen-bond acceptors (Lipinski definition) is 5. The van der Waals surface area contributed by atoms with Crippen LogP contribution in [-0.4, -0.2) is 57.6 Å². The quantitative estimate of drug-likeness (QED) is 0.451. The fraction of sp³-hybridized carbons (Fsp3) is 0.462. The van der Waals surface area contributed by atoms with E-state index in [1.807, 2.05) is 38.1 Å². The van der Waals surface area contributed by atoms with Crippen molar-refractivity contribution in [2.24, 2.45) is 0 Å². The third-order valence-electron chi connectivity index (χ3n) is 5.83. The van der Waals surface area contributed by atoms with Crippen LogP contribution in [0.4, 0.5) is 5.69 Å². The fourth-order valence-electron chi connectivity index (χ4n) is 3.70. The second-order valence-electron chi connectivity index (χ2n) is 8.55. The number of aryl methyl sites for hydroxylation is 1. The van der Waals surface area contributed by atoms with E-state index >= 15 is 0 Å². The summed E-state index contributed by atoms with van der Waals surface area (Å²) in [4.78, 5) is 27.5. The topological polar surface area (TPSA) is 96.0 Å². The van der Waals surface area contributed by atoms with Crippen LogP contribution in [0.2, 0.25) is 0 Å². The van der Waals surface area contributed by atoms with Crippen LogP contribution in [0.25, 0.3) is 0 Å². The summed E-state index contributed by atoms with van der Waals surface area (Å²) in [6.45, 7) is 6.66. The molecule has 0 fully saturated rings. The van der Waals surface area contributed by atoms with Gasteiger partial charge in [0.25, 0.3) is 0 Å². The lowest BCUT2D eigenvalue weighted by Gasteiger charge is -2.30. The van der Waals surface area contributed by atoms with E-state index in [9.17, 15) is 18.0 Å². The molecule has 0 spiro atoms. The van der Waals surface area contributed by atoms with Gasteiger partial charge in [-0.25, -0.2) is 8.42 Å². The molecule has 0 aliphatic heterocycles. The Morgan fingerprint density at radius 2 is 1.74 bits per heavy atom. The van der Waals surface area contributed by atoms with Crippen LogP contribution in [0.3, 0.4) is 0 Å². The molecular weight excluding hydrogens is 466 g/mol. The van der Waals surface area contributed by atoms with Gasteiger partial charge < -0.3 is 15.0 Å². The molecule has 0 saturated carbocycles. The SMILES string of the molecule is CCCNC(=O)C(C)N(Cc1ccccc1C)C(=O)CCCN(c1ccc(OC)cc1)S(C)(=O)=O. The Kier molecular flexibility index (Phi) is 10.6. The van der Waals surface area contributed by atoms with Crippen molar-refractivity contribution in [3.8, 4) is 5.75 Å². The Hall–Kier alpha value is -3.07. The van der Waals surface area contributed by atoms with Crippen molar-refractivity contribution >= 4 is 27.5 Å². The second kappa shape index (κ2) is 13.1. The highest BCUT2D eigenvalue weighted by atomic mass is 32.2. The molecule has 9 heteroatoms. The lowest BCUT2D eigenvalue weighted by atomic mass is 10.1. The molecule has 0 heterocycles. The van der Waals surface area contributed by atoms with Crippen LogP contribution in [-0.2, 0) is 26.2 Å². The fourth-order valence-corrected chi connectivity index (χ4v) is 4.67. The van der Waals surface area contributed by atoms with Gasteiger partial charge in [0.1, 0.15) is 11.8 Å². The molecule has 35 heavy (non-hydrogen) atoms. The van der Waals surface area contributed by atoms with E-state index in [0.717, 1.165) is 23.8 Å². The van der Waals surface area contributed by atoms with Crippen LogP contribution in [0.1, 0.15) is 44.2 Å². The molecule has 1 unspecified atom stereocenters. The van der Waals surface area contributed by atoms with Crippen molar-refractivity contribution in [2.45, 2.75) is 52.6 Å². The molecule has 0 aromatic heterocycles. The van der Waals surface area contributed by atoms with E-state index in [1.165, 1.54) is 4.31 Å². The Labute approximate surface area is 209 Å². The molecule has 2 aromatic carbocycles. The third kappa shape index (κ3) is 8.28. The molecule has 0 aliphatic carbocycles. The second-order valence-corrected chi connectivity index (χ2v) is 10.5. The number of anilines is 1. The number of carbonyl (C=O) groups excluding carboxylic acids is 2. The third-order valence-corrected chi connectivity index (χ3v) is 7.03. The summed E-state index contributed by atoms with van der Waals surface area (Å²) in [6, 6.07) is 13.8.